The zero-order valence-corrected chi connectivity index (χ0v) is 45.9. The van der Waals surface area contributed by atoms with Crippen molar-refractivity contribution in [3.8, 4) is 11.5 Å². The SMILES string of the molecule is CCCCCCCCCCCC[S+](CCCCCCCCCCCC)CCC(c1cc(C(C)(C)C)c(O)c(C(C)(C)C)c1)C(Cc1cc(C(C)(C)C)c(O)c(C(C)(C)C)c1)(C(=O)[O-])C(=O)O. The van der Waals surface area contributed by atoms with Crippen LogP contribution in [0.4, 0.5) is 0 Å². The van der Waals surface area contributed by atoms with E-state index in [4.69, 9.17) is 0 Å². The van der Waals surface area contributed by atoms with Crippen LogP contribution in [0.1, 0.15) is 271 Å². The van der Waals surface area contributed by atoms with Gasteiger partial charge in [0, 0.05) is 12.3 Å². The van der Waals surface area contributed by atoms with E-state index in [0.29, 0.717) is 39.8 Å². The van der Waals surface area contributed by atoms with Gasteiger partial charge in [0.1, 0.15) is 34.2 Å². The molecule has 0 aliphatic carbocycles. The maximum absolute atomic E-state index is 14.2. The standard InChI is InChI=1S/C59H100O6S/c1-15-17-19-21-23-25-27-29-31-33-36-66(37-34-32-30-28-26-24-22-20-18-16-2)38-35-46(45-41-49(57(9,10)11)52(61)50(42-45)58(12,13)14)59(53(62)63,54(64)65)43-44-39-47(55(3,4)5)51(60)48(40-44)56(6,7)8/h39-42,46H,15-38,43H2,1-14H3,(H3-,60,61,62,63,64,65). The number of hydrogen-bond acceptors (Lipinski definition) is 5. The fourth-order valence-electron chi connectivity index (χ4n) is 9.79. The van der Waals surface area contributed by atoms with Gasteiger partial charge in [0.15, 0.2) is 0 Å². The normalized spacial score (nSPS) is 14.2. The zero-order chi connectivity index (χ0) is 49.9. The molecule has 378 valence electrons. The van der Waals surface area contributed by atoms with E-state index in [2.05, 4.69) is 13.8 Å². The number of hydrogen-bond donors (Lipinski definition) is 3. The molecule has 0 spiro atoms. The van der Waals surface area contributed by atoms with Crippen LogP contribution in [0, 0.1) is 5.41 Å². The van der Waals surface area contributed by atoms with Crippen molar-refractivity contribution in [1.82, 2.24) is 0 Å². The summed E-state index contributed by atoms with van der Waals surface area (Å²) >= 11 is 0. The van der Waals surface area contributed by atoms with Gasteiger partial charge in [0.25, 0.3) is 0 Å². The average molecular weight is 938 g/mol. The van der Waals surface area contributed by atoms with Gasteiger partial charge < -0.3 is 25.2 Å². The lowest BCUT2D eigenvalue weighted by atomic mass is 9.65. The highest BCUT2D eigenvalue weighted by atomic mass is 32.2. The third-order valence-electron chi connectivity index (χ3n) is 14.0. The molecule has 2 aromatic rings. The van der Waals surface area contributed by atoms with Crippen molar-refractivity contribution in [1.29, 1.82) is 0 Å². The maximum atomic E-state index is 14.2. The monoisotopic (exact) mass is 937 g/mol. The van der Waals surface area contributed by atoms with Crippen LogP contribution < -0.4 is 5.11 Å². The molecule has 0 amide bonds. The summed E-state index contributed by atoms with van der Waals surface area (Å²) in [5.41, 5.74) is -0.496. The smallest absolute Gasteiger partial charge is 0.316 e. The fraction of sp³-hybridized carbons (Fsp3) is 0.763. The summed E-state index contributed by atoms with van der Waals surface area (Å²) in [6.45, 7) is 28.8. The second-order valence-corrected chi connectivity index (χ2v) is 26.6. The summed E-state index contributed by atoms with van der Waals surface area (Å²) in [6, 6.07) is 7.44. The molecule has 0 heterocycles. The van der Waals surface area contributed by atoms with Crippen molar-refractivity contribution in [2.75, 3.05) is 17.3 Å². The van der Waals surface area contributed by atoms with Crippen molar-refractivity contribution in [2.45, 2.75) is 266 Å². The van der Waals surface area contributed by atoms with Gasteiger partial charge in [-0.25, -0.2) is 0 Å². The lowest BCUT2D eigenvalue weighted by Crippen LogP contribution is -2.53. The second-order valence-electron chi connectivity index (χ2n) is 24.2. The van der Waals surface area contributed by atoms with Crippen LogP contribution >= 0.6 is 0 Å². The molecule has 0 aliphatic heterocycles. The van der Waals surface area contributed by atoms with E-state index in [1.807, 2.05) is 107 Å². The van der Waals surface area contributed by atoms with Gasteiger partial charge in [0.2, 0.25) is 0 Å². The van der Waals surface area contributed by atoms with Crippen molar-refractivity contribution in [3.63, 3.8) is 0 Å². The molecule has 0 bridgehead atoms. The minimum atomic E-state index is -2.34. The Balaban J connectivity index is 2.73. The summed E-state index contributed by atoms with van der Waals surface area (Å²) in [4.78, 5) is 28.4. The van der Waals surface area contributed by atoms with Gasteiger partial charge >= 0.3 is 5.97 Å². The summed E-state index contributed by atoms with van der Waals surface area (Å²) < 4.78 is 0. The van der Waals surface area contributed by atoms with Gasteiger partial charge in [-0.2, -0.15) is 0 Å². The van der Waals surface area contributed by atoms with E-state index in [1.165, 1.54) is 116 Å². The molecule has 66 heavy (non-hydrogen) atoms. The van der Waals surface area contributed by atoms with Crippen molar-refractivity contribution >= 4 is 22.8 Å². The lowest BCUT2D eigenvalue weighted by molar-refractivity contribution is -0.319. The number of carboxylic acids is 2. The summed E-state index contributed by atoms with van der Waals surface area (Å²) in [5, 5.41) is 49.2. The summed E-state index contributed by atoms with van der Waals surface area (Å²) in [5.74, 6) is -0.755. The van der Waals surface area contributed by atoms with Gasteiger partial charge in [0.05, 0.1) is 5.97 Å². The Kier molecular flexibility index (Phi) is 24.8. The predicted molar refractivity (Wildman–Crippen MR) is 283 cm³/mol. The molecule has 0 aromatic heterocycles. The molecule has 2 unspecified atom stereocenters. The van der Waals surface area contributed by atoms with Gasteiger partial charge in [-0.05, 0) is 98.0 Å². The first kappa shape index (κ1) is 59.5. The number of aromatic hydroxyl groups is 2. The van der Waals surface area contributed by atoms with Crippen LogP contribution in [-0.4, -0.2) is 44.5 Å². The Morgan fingerprint density at radius 3 is 1.09 bits per heavy atom. The lowest BCUT2D eigenvalue weighted by Gasteiger charge is -2.40. The van der Waals surface area contributed by atoms with E-state index in [9.17, 15) is 30.0 Å². The molecule has 6 nitrogen and oxygen atoms in total. The Bertz CT molecular complexity index is 1640. The quantitative estimate of drug-likeness (QED) is 0.0394. The van der Waals surface area contributed by atoms with Crippen molar-refractivity contribution in [2.24, 2.45) is 5.41 Å². The number of phenolic OH excluding ortho intramolecular Hbond substituents is 2. The number of carboxylic acid groups (broad SMARTS) is 2. The second kappa shape index (κ2) is 27.5. The molecule has 7 heteroatoms. The summed E-state index contributed by atoms with van der Waals surface area (Å²) in [6.07, 6.45) is 25.5. The van der Waals surface area contributed by atoms with E-state index in [1.54, 1.807) is 0 Å². The molecule has 0 saturated heterocycles. The Morgan fingerprint density at radius 1 is 0.500 bits per heavy atom. The minimum absolute atomic E-state index is 0.0238. The molecule has 0 aliphatic rings. The number of aliphatic carboxylic acids is 2. The molecule has 3 N–H and O–H groups in total. The molecule has 0 radical (unpaired) electrons. The number of carbonyl (C=O) groups is 2. The number of unbranched alkanes of at least 4 members (excludes halogenated alkanes) is 18. The van der Waals surface area contributed by atoms with Crippen LogP contribution in [0.25, 0.3) is 0 Å². The number of phenols is 2. The van der Waals surface area contributed by atoms with Crippen LogP contribution in [0.5, 0.6) is 11.5 Å². The van der Waals surface area contributed by atoms with Crippen molar-refractivity contribution < 1.29 is 30.0 Å². The third-order valence-corrected chi connectivity index (χ3v) is 16.6. The van der Waals surface area contributed by atoms with E-state index < -0.39 is 44.9 Å². The van der Waals surface area contributed by atoms with E-state index in [-0.39, 0.29) is 28.8 Å². The van der Waals surface area contributed by atoms with Gasteiger partial charge in [-0.1, -0.05) is 224 Å². The Labute approximate surface area is 408 Å². The molecule has 2 rings (SSSR count). The Hall–Kier alpha value is -2.67. The average Bonchev–Trinajstić information content (AvgIpc) is 3.20. The van der Waals surface area contributed by atoms with Crippen LogP contribution in [0.3, 0.4) is 0 Å². The first-order valence-corrected chi connectivity index (χ1v) is 28.3. The zero-order valence-electron chi connectivity index (χ0n) is 45.0. The third kappa shape index (κ3) is 18.7. The number of rotatable bonds is 31. The topological polar surface area (TPSA) is 118 Å². The minimum Gasteiger partial charge on any atom is -0.549 e. The molecule has 0 saturated carbocycles. The molecular weight excluding hydrogens is 837 g/mol. The first-order valence-electron chi connectivity index (χ1n) is 26.6. The fourth-order valence-corrected chi connectivity index (χ4v) is 12.2. The van der Waals surface area contributed by atoms with E-state index in [0.717, 1.165) is 30.1 Å². The van der Waals surface area contributed by atoms with Crippen LogP contribution in [0.15, 0.2) is 24.3 Å². The highest BCUT2D eigenvalue weighted by Crippen LogP contribution is 2.49. The predicted octanol–water partition coefficient (Wildman–Crippen LogP) is 15.3. The molecule has 2 atom stereocenters. The summed E-state index contributed by atoms with van der Waals surface area (Å²) in [7, 11) is -0.0238. The van der Waals surface area contributed by atoms with Gasteiger partial charge in [-0.3, -0.25) is 4.79 Å². The highest BCUT2D eigenvalue weighted by molar-refractivity contribution is 7.96. The van der Waals surface area contributed by atoms with Crippen LogP contribution in [0.2, 0.25) is 0 Å². The largest absolute Gasteiger partial charge is 0.549 e. The molecule has 0 fully saturated rings. The highest BCUT2D eigenvalue weighted by Gasteiger charge is 2.50. The van der Waals surface area contributed by atoms with Gasteiger partial charge in [-0.15, -0.1) is 0 Å². The molecular formula is C59H100O6S. The molecule has 2 aromatic carbocycles. The Morgan fingerprint density at radius 2 is 0.803 bits per heavy atom. The number of carbonyl (C=O) groups excluding carboxylic acids is 1. The first-order chi connectivity index (χ1) is 30.7. The van der Waals surface area contributed by atoms with E-state index >= 15 is 0 Å². The van der Waals surface area contributed by atoms with Crippen LogP contribution in [-0.2, 0) is 48.6 Å². The maximum Gasteiger partial charge on any atom is 0.316 e. The number of benzene rings is 2. The van der Waals surface area contributed by atoms with Crippen molar-refractivity contribution in [3.05, 3.63) is 57.6 Å².